The van der Waals surface area contributed by atoms with Gasteiger partial charge in [-0.05, 0) is 57.4 Å². The molecule has 4 atom stereocenters. The number of piperidine rings is 1. The molecule has 3 aliphatic rings. The molecule has 206 valence electrons. The molecule has 0 radical (unpaired) electrons. The first-order valence-corrected chi connectivity index (χ1v) is 13.9. The molecule has 0 aromatic carbocycles. The van der Waals surface area contributed by atoms with Crippen molar-refractivity contribution in [1.29, 1.82) is 0 Å². The third-order valence-electron chi connectivity index (χ3n) is 8.30. The zero-order valence-electron chi connectivity index (χ0n) is 21.3. The SMILES string of the molecule is C[C@H]1C[C@@]2(CCN1Cc1cnn(CC(O)CC(C)(O)C3CC3)c1)OCCc1c2sc(C(F)(F)F)c1CO. The van der Waals surface area contributed by atoms with E-state index in [0.717, 1.165) is 29.7 Å². The molecule has 1 saturated carbocycles. The van der Waals surface area contributed by atoms with Gasteiger partial charge in [0.1, 0.15) is 10.5 Å². The first-order valence-electron chi connectivity index (χ1n) is 13.0. The highest BCUT2D eigenvalue weighted by atomic mass is 32.1. The minimum atomic E-state index is -4.49. The van der Waals surface area contributed by atoms with Crippen LogP contribution in [0.3, 0.4) is 0 Å². The standard InChI is InChI=1S/C26H36F3N3O4S/c1-16-9-25(22-20(5-8-36-25)21(15-33)23(37-22)26(27,28)29)6-7-31(16)12-17-11-30-32(13-17)14-19(34)10-24(2,35)18-3-4-18/h11,13,16,18-19,33-35H,3-10,12,14-15H2,1-2H3/t16-,19?,24?,25+/m0/s1. The summed E-state index contributed by atoms with van der Waals surface area (Å²) in [7, 11) is 0. The van der Waals surface area contributed by atoms with E-state index in [0.29, 0.717) is 62.4 Å². The quantitative estimate of drug-likeness (QED) is 0.469. The number of likely N-dealkylation sites (tertiary alicyclic amines) is 1. The first-order chi connectivity index (χ1) is 17.4. The summed E-state index contributed by atoms with van der Waals surface area (Å²) in [4.78, 5) is 2.21. The molecular weight excluding hydrogens is 507 g/mol. The van der Waals surface area contributed by atoms with E-state index in [4.69, 9.17) is 4.74 Å². The molecule has 0 amide bonds. The van der Waals surface area contributed by atoms with Gasteiger partial charge in [-0.2, -0.15) is 18.3 Å². The molecule has 7 nitrogen and oxygen atoms in total. The number of ether oxygens (including phenoxy) is 1. The summed E-state index contributed by atoms with van der Waals surface area (Å²) in [6.07, 6.45) is 2.38. The Labute approximate surface area is 218 Å². The van der Waals surface area contributed by atoms with Gasteiger partial charge in [0.2, 0.25) is 0 Å². The van der Waals surface area contributed by atoms with Crippen molar-refractivity contribution >= 4 is 11.3 Å². The van der Waals surface area contributed by atoms with Crippen molar-refractivity contribution < 1.29 is 33.2 Å². The van der Waals surface area contributed by atoms with E-state index in [9.17, 15) is 28.5 Å². The molecule has 3 N–H and O–H groups in total. The zero-order valence-corrected chi connectivity index (χ0v) is 22.1. The van der Waals surface area contributed by atoms with Crippen molar-refractivity contribution in [3.05, 3.63) is 38.8 Å². The number of hydrogen-bond acceptors (Lipinski definition) is 7. The predicted molar refractivity (Wildman–Crippen MR) is 132 cm³/mol. The summed E-state index contributed by atoms with van der Waals surface area (Å²) in [6, 6.07) is 0.0660. The number of hydrogen-bond donors (Lipinski definition) is 3. The summed E-state index contributed by atoms with van der Waals surface area (Å²) >= 11 is 0.741. The fourth-order valence-electron chi connectivity index (χ4n) is 6.22. The van der Waals surface area contributed by atoms with Crippen molar-refractivity contribution in [2.45, 2.75) is 102 Å². The highest BCUT2D eigenvalue weighted by molar-refractivity contribution is 7.12. The Bertz CT molecular complexity index is 1110. The molecule has 2 aromatic heterocycles. The van der Waals surface area contributed by atoms with E-state index in [1.54, 1.807) is 17.8 Å². The fraction of sp³-hybridized carbons (Fsp3) is 0.731. The van der Waals surface area contributed by atoms with Gasteiger partial charge in [0.15, 0.2) is 0 Å². The van der Waals surface area contributed by atoms with Crippen molar-refractivity contribution in [3.8, 4) is 0 Å². The maximum Gasteiger partial charge on any atom is 0.425 e. The number of rotatable bonds is 8. The number of fused-ring (bicyclic) bond motifs is 2. The second kappa shape index (κ2) is 9.91. The van der Waals surface area contributed by atoms with Gasteiger partial charge in [-0.15, -0.1) is 11.3 Å². The second-order valence-electron chi connectivity index (χ2n) is 11.3. The Morgan fingerprint density at radius 2 is 2.08 bits per heavy atom. The summed E-state index contributed by atoms with van der Waals surface area (Å²) in [5.41, 5.74) is 0.0174. The van der Waals surface area contributed by atoms with Crippen LogP contribution in [0.25, 0.3) is 0 Å². The van der Waals surface area contributed by atoms with Crippen molar-refractivity contribution in [2.24, 2.45) is 5.92 Å². The normalized spacial score (nSPS) is 27.3. The number of aromatic nitrogens is 2. The van der Waals surface area contributed by atoms with Crippen LogP contribution in [0.15, 0.2) is 12.4 Å². The molecule has 11 heteroatoms. The highest BCUT2D eigenvalue weighted by Crippen LogP contribution is 2.51. The predicted octanol–water partition coefficient (Wildman–Crippen LogP) is 3.82. The van der Waals surface area contributed by atoms with Crippen LogP contribution in [0.4, 0.5) is 13.2 Å². The van der Waals surface area contributed by atoms with Gasteiger partial charge in [0.25, 0.3) is 0 Å². The molecule has 1 spiro atoms. The maximum absolute atomic E-state index is 13.7. The van der Waals surface area contributed by atoms with Crippen molar-refractivity contribution in [2.75, 3.05) is 13.2 Å². The summed E-state index contributed by atoms with van der Waals surface area (Å²) in [5.74, 6) is 0.271. The molecule has 2 unspecified atom stereocenters. The number of aliphatic hydroxyl groups excluding tert-OH is 2. The molecular formula is C26H36F3N3O4S. The monoisotopic (exact) mass is 543 g/mol. The summed E-state index contributed by atoms with van der Waals surface area (Å²) in [5, 5.41) is 35.1. The lowest BCUT2D eigenvalue weighted by Crippen LogP contribution is -2.50. The minimum Gasteiger partial charge on any atom is -0.392 e. The number of alkyl halides is 3. The Morgan fingerprint density at radius 1 is 1.32 bits per heavy atom. The lowest BCUT2D eigenvalue weighted by Gasteiger charge is -2.47. The summed E-state index contributed by atoms with van der Waals surface area (Å²) < 4.78 is 48.9. The van der Waals surface area contributed by atoms with Crippen molar-refractivity contribution in [1.82, 2.24) is 14.7 Å². The van der Waals surface area contributed by atoms with Gasteiger partial charge in [0.05, 0.1) is 37.7 Å². The van der Waals surface area contributed by atoms with Crippen LogP contribution < -0.4 is 0 Å². The third kappa shape index (κ3) is 5.49. The Hall–Kier alpha value is -1.50. The number of halogens is 3. The maximum atomic E-state index is 13.7. The third-order valence-corrected chi connectivity index (χ3v) is 9.81. The van der Waals surface area contributed by atoms with Crippen LogP contribution in [0.5, 0.6) is 0 Å². The average Bonchev–Trinajstić information content (AvgIpc) is 3.47. The largest absolute Gasteiger partial charge is 0.425 e. The van der Waals surface area contributed by atoms with Crippen LogP contribution in [-0.2, 0) is 42.6 Å². The number of nitrogens with zero attached hydrogens (tertiary/aromatic N) is 3. The van der Waals surface area contributed by atoms with E-state index >= 15 is 0 Å². The van der Waals surface area contributed by atoms with E-state index < -0.39 is 35.0 Å². The van der Waals surface area contributed by atoms with Crippen LogP contribution >= 0.6 is 11.3 Å². The molecule has 2 aromatic rings. The molecule has 5 rings (SSSR count). The Kier molecular flexibility index (Phi) is 7.25. The van der Waals surface area contributed by atoms with E-state index in [2.05, 4.69) is 16.9 Å². The van der Waals surface area contributed by atoms with Gasteiger partial charge in [-0.25, -0.2) is 0 Å². The van der Waals surface area contributed by atoms with E-state index in [-0.39, 0.29) is 17.5 Å². The second-order valence-corrected chi connectivity index (χ2v) is 12.3. The smallest absolute Gasteiger partial charge is 0.392 e. The zero-order chi connectivity index (χ0) is 26.6. The number of thiophene rings is 1. The first kappa shape index (κ1) is 27.1. The average molecular weight is 544 g/mol. The van der Waals surface area contributed by atoms with Crippen LogP contribution in [0, 0.1) is 5.92 Å². The number of aliphatic hydroxyl groups is 3. The van der Waals surface area contributed by atoms with Crippen molar-refractivity contribution in [3.63, 3.8) is 0 Å². The Balaban J connectivity index is 1.24. The minimum absolute atomic E-state index is 0.0125. The molecule has 37 heavy (non-hydrogen) atoms. The highest BCUT2D eigenvalue weighted by Gasteiger charge is 2.48. The lowest BCUT2D eigenvalue weighted by atomic mass is 9.81. The van der Waals surface area contributed by atoms with Crippen LogP contribution in [-0.4, -0.2) is 60.9 Å². The topological polar surface area (TPSA) is 91.0 Å². The molecule has 4 heterocycles. The lowest BCUT2D eigenvalue weighted by molar-refractivity contribution is -0.135. The Morgan fingerprint density at radius 3 is 2.73 bits per heavy atom. The van der Waals surface area contributed by atoms with E-state index in [1.165, 1.54) is 0 Å². The van der Waals surface area contributed by atoms with E-state index in [1.807, 2.05) is 6.20 Å². The molecule has 1 aliphatic carbocycles. The van der Waals surface area contributed by atoms with Gasteiger partial charge in [0, 0.05) is 47.8 Å². The van der Waals surface area contributed by atoms with Gasteiger partial charge >= 0.3 is 6.18 Å². The molecule has 2 fully saturated rings. The van der Waals surface area contributed by atoms with Crippen LogP contribution in [0.1, 0.15) is 72.4 Å². The van der Waals surface area contributed by atoms with Gasteiger partial charge in [-0.1, -0.05) is 0 Å². The van der Waals surface area contributed by atoms with Gasteiger partial charge in [-0.3, -0.25) is 9.58 Å². The summed E-state index contributed by atoms with van der Waals surface area (Å²) in [6.45, 7) is 5.20. The molecule has 1 saturated heterocycles. The molecule has 2 aliphatic heterocycles. The molecule has 0 bridgehead atoms. The fourth-order valence-corrected chi connectivity index (χ4v) is 7.63. The van der Waals surface area contributed by atoms with Crippen LogP contribution in [0.2, 0.25) is 0 Å². The van der Waals surface area contributed by atoms with Gasteiger partial charge < -0.3 is 20.1 Å².